The van der Waals surface area contributed by atoms with Crippen molar-refractivity contribution in [2.45, 2.75) is 6.04 Å². The van der Waals surface area contributed by atoms with Crippen LogP contribution in [0.3, 0.4) is 0 Å². The predicted octanol–water partition coefficient (Wildman–Crippen LogP) is 1.19. The highest BCUT2D eigenvalue weighted by molar-refractivity contribution is 9.10. The standard InChI is InChI=1S/C11H11BrN2O6/c1-20-5-8(11(16)17)13-10(15)7-3-2-6(12)4-9(7)14(18)19/h2-4,8H,5H2,1H3,(H,13,15)(H,16,17). The van der Waals surface area contributed by atoms with Crippen molar-refractivity contribution in [1.29, 1.82) is 0 Å². The normalized spacial score (nSPS) is 11.7. The van der Waals surface area contributed by atoms with E-state index in [1.54, 1.807) is 0 Å². The van der Waals surface area contributed by atoms with Crippen molar-refractivity contribution < 1.29 is 24.4 Å². The minimum absolute atomic E-state index is 0.222. The number of nitro benzene ring substituents is 1. The molecule has 108 valence electrons. The first kappa shape index (κ1) is 16.1. The summed E-state index contributed by atoms with van der Waals surface area (Å²) in [5, 5.41) is 21.9. The summed E-state index contributed by atoms with van der Waals surface area (Å²) in [6.45, 7) is -0.245. The zero-order chi connectivity index (χ0) is 15.3. The number of hydrogen-bond donors (Lipinski definition) is 2. The average Bonchev–Trinajstić information content (AvgIpc) is 2.37. The monoisotopic (exact) mass is 346 g/mol. The molecule has 0 aliphatic carbocycles. The van der Waals surface area contributed by atoms with Gasteiger partial charge in [-0.2, -0.15) is 0 Å². The number of nitrogens with zero attached hydrogens (tertiary/aromatic N) is 1. The van der Waals surface area contributed by atoms with Gasteiger partial charge in [-0.3, -0.25) is 14.9 Å². The summed E-state index contributed by atoms with van der Waals surface area (Å²) < 4.78 is 5.10. The van der Waals surface area contributed by atoms with E-state index in [9.17, 15) is 19.7 Å². The van der Waals surface area contributed by atoms with E-state index >= 15 is 0 Å². The van der Waals surface area contributed by atoms with Crippen LogP contribution in [0.1, 0.15) is 10.4 Å². The topological polar surface area (TPSA) is 119 Å². The molecule has 2 N–H and O–H groups in total. The largest absolute Gasteiger partial charge is 0.480 e. The van der Waals surface area contributed by atoms with Crippen molar-refractivity contribution in [2.75, 3.05) is 13.7 Å². The van der Waals surface area contributed by atoms with E-state index in [0.717, 1.165) is 0 Å². The van der Waals surface area contributed by atoms with Gasteiger partial charge in [-0.15, -0.1) is 0 Å². The summed E-state index contributed by atoms with van der Waals surface area (Å²) in [5.41, 5.74) is -0.640. The summed E-state index contributed by atoms with van der Waals surface area (Å²) in [6.07, 6.45) is 0. The number of methoxy groups -OCH3 is 1. The minimum Gasteiger partial charge on any atom is -0.480 e. The third-order valence-electron chi connectivity index (χ3n) is 2.34. The van der Waals surface area contributed by atoms with Crippen LogP contribution in [-0.2, 0) is 9.53 Å². The fraction of sp³-hybridized carbons (Fsp3) is 0.273. The van der Waals surface area contributed by atoms with Crippen LogP contribution in [0.15, 0.2) is 22.7 Å². The van der Waals surface area contributed by atoms with Crippen LogP contribution < -0.4 is 5.32 Å². The van der Waals surface area contributed by atoms with Crippen molar-refractivity contribution in [3.05, 3.63) is 38.3 Å². The van der Waals surface area contributed by atoms with Crippen molar-refractivity contribution >= 4 is 33.5 Å². The van der Waals surface area contributed by atoms with E-state index in [2.05, 4.69) is 26.0 Å². The van der Waals surface area contributed by atoms with Gasteiger partial charge in [-0.1, -0.05) is 15.9 Å². The van der Waals surface area contributed by atoms with Crippen molar-refractivity contribution in [3.63, 3.8) is 0 Å². The Labute approximate surface area is 122 Å². The first-order valence-electron chi connectivity index (χ1n) is 5.33. The van der Waals surface area contributed by atoms with Crippen LogP contribution in [0.5, 0.6) is 0 Å². The van der Waals surface area contributed by atoms with Gasteiger partial charge in [0.05, 0.1) is 11.5 Å². The Balaban J connectivity index is 3.03. The first-order chi connectivity index (χ1) is 9.36. The maximum atomic E-state index is 11.9. The molecule has 8 nitrogen and oxygen atoms in total. The molecule has 1 amide bonds. The smallest absolute Gasteiger partial charge is 0.328 e. The Morgan fingerprint density at radius 3 is 2.70 bits per heavy atom. The molecular weight excluding hydrogens is 336 g/mol. The highest BCUT2D eigenvalue weighted by Crippen LogP contribution is 2.23. The molecule has 1 atom stereocenters. The lowest BCUT2D eigenvalue weighted by atomic mass is 10.1. The van der Waals surface area contributed by atoms with Gasteiger partial charge in [0.1, 0.15) is 5.56 Å². The number of amides is 1. The second kappa shape index (κ2) is 6.96. The number of carboxylic acids is 1. The number of carbonyl (C=O) groups is 2. The number of benzene rings is 1. The van der Waals surface area contributed by atoms with Gasteiger partial charge >= 0.3 is 5.97 Å². The minimum atomic E-state index is -1.29. The number of ether oxygens (including phenoxy) is 1. The second-order valence-corrected chi connectivity index (χ2v) is 4.65. The van der Waals surface area contributed by atoms with Gasteiger partial charge in [0, 0.05) is 17.6 Å². The summed E-state index contributed by atoms with van der Waals surface area (Å²) in [4.78, 5) is 33.0. The maximum absolute atomic E-state index is 11.9. The van der Waals surface area contributed by atoms with Gasteiger partial charge in [0.2, 0.25) is 0 Å². The van der Waals surface area contributed by atoms with Crippen molar-refractivity contribution in [1.82, 2.24) is 5.32 Å². The van der Waals surface area contributed by atoms with E-state index in [4.69, 9.17) is 5.11 Å². The Hall–Kier alpha value is -2.00. The first-order valence-corrected chi connectivity index (χ1v) is 6.12. The molecule has 0 heterocycles. The number of nitrogens with one attached hydrogen (secondary N) is 1. The summed E-state index contributed by atoms with van der Waals surface area (Å²) in [6, 6.07) is 2.58. The zero-order valence-electron chi connectivity index (χ0n) is 10.3. The highest BCUT2D eigenvalue weighted by atomic mass is 79.9. The molecule has 0 fully saturated rings. The number of carbonyl (C=O) groups excluding carboxylic acids is 1. The molecule has 0 aliphatic rings. The van der Waals surface area contributed by atoms with E-state index in [-0.39, 0.29) is 12.2 Å². The predicted molar refractivity (Wildman–Crippen MR) is 71.6 cm³/mol. The lowest BCUT2D eigenvalue weighted by molar-refractivity contribution is -0.385. The molecule has 9 heteroatoms. The van der Waals surface area contributed by atoms with Gasteiger partial charge < -0.3 is 15.2 Å². The van der Waals surface area contributed by atoms with E-state index in [1.165, 1.54) is 25.3 Å². The maximum Gasteiger partial charge on any atom is 0.328 e. The Kier molecular flexibility index (Phi) is 5.59. The fourth-order valence-corrected chi connectivity index (χ4v) is 1.77. The molecule has 0 bridgehead atoms. The summed E-state index contributed by atoms with van der Waals surface area (Å²) >= 11 is 3.06. The SMILES string of the molecule is COCC(NC(=O)c1ccc(Br)cc1[N+](=O)[O-])C(=O)O. The van der Waals surface area contributed by atoms with Gasteiger partial charge in [-0.05, 0) is 12.1 Å². The lowest BCUT2D eigenvalue weighted by Crippen LogP contribution is -2.43. The van der Waals surface area contributed by atoms with Crippen LogP contribution >= 0.6 is 15.9 Å². The number of aliphatic carboxylic acids is 1. The average molecular weight is 347 g/mol. The molecule has 0 spiro atoms. The van der Waals surface area contributed by atoms with E-state index in [0.29, 0.717) is 4.47 Å². The molecule has 1 aromatic rings. The van der Waals surface area contributed by atoms with Crippen LogP contribution in [0.25, 0.3) is 0 Å². The van der Waals surface area contributed by atoms with Gasteiger partial charge in [0.25, 0.3) is 11.6 Å². The third-order valence-corrected chi connectivity index (χ3v) is 2.83. The van der Waals surface area contributed by atoms with Crippen molar-refractivity contribution in [3.8, 4) is 0 Å². The molecule has 20 heavy (non-hydrogen) atoms. The Bertz CT molecular complexity index is 548. The molecule has 1 aromatic carbocycles. The lowest BCUT2D eigenvalue weighted by Gasteiger charge is -2.13. The number of hydrogen-bond acceptors (Lipinski definition) is 5. The van der Waals surface area contributed by atoms with E-state index in [1.807, 2.05) is 0 Å². The van der Waals surface area contributed by atoms with Crippen LogP contribution in [0.4, 0.5) is 5.69 Å². The molecule has 0 saturated heterocycles. The number of carboxylic acid groups (broad SMARTS) is 1. The number of nitro groups is 1. The summed E-state index contributed by atoms with van der Waals surface area (Å²) in [5.74, 6) is -2.14. The zero-order valence-corrected chi connectivity index (χ0v) is 11.9. The third kappa shape index (κ3) is 4.00. The molecule has 1 rings (SSSR count). The molecule has 0 aromatic heterocycles. The quantitative estimate of drug-likeness (QED) is 0.589. The Morgan fingerprint density at radius 2 is 2.20 bits per heavy atom. The molecule has 1 unspecified atom stereocenters. The number of halogens is 1. The molecule has 0 aliphatic heterocycles. The van der Waals surface area contributed by atoms with Crippen LogP contribution in [0.2, 0.25) is 0 Å². The molecule has 0 radical (unpaired) electrons. The van der Waals surface area contributed by atoms with Crippen molar-refractivity contribution in [2.24, 2.45) is 0 Å². The Morgan fingerprint density at radius 1 is 1.55 bits per heavy atom. The molecule has 0 saturated carbocycles. The van der Waals surface area contributed by atoms with Crippen LogP contribution in [0, 0.1) is 10.1 Å². The summed E-state index contributed by atoms with van der Waals surface area (Å²) in [7, 11) is 1.28. The van der Waals surface area contributed by atoms with Crippen LogP contribution in [-0.4, -0.2) is 41.7 Å². The molecular formula is C11H11BrN2O6. The fourth-order valence-electron chi connectivity index (χ4n) is 1.43. The van der Waals surface area contributed by atoms with Gasteiger partial charge in [0.15, 0.2) is 6.04 Å². The second-order valence-electron chi connectivity index (χ2n) is 3.74. The number of rotatable bonds is 6. The van der Waals surface area contributed by atoms with E-state index < -0.39 is 28.5 Å². The van der Waals surface area contributed by atoms with Gasteiger partial charge in [-0.25, -0.2) is 4.79 Å². The highest BCUT2D eigenvalue weighted by Gasteiger charge is 2.25.